The lowest BCUT2D eigenvalue weighted by Gasteiger charge is -2.15. The molecule has 5 heteroatoms. The third-order valence-electron chi connectivity index (χ3n) is 4.03. The molecule has 0 spiro atoms. The van der Waals surface area contributed by atoms with Gasteiger partial charge >= 0.3 is 0 Å². The molecule has 0 amide bonds. The number of H-pyrrole nitrogens is 1. The second-order valence-electron chi connectivity index (χ2n) is 5.34. The first-order valence-electron chi connectivity index (χ1n) is 7.56. The summed E-state index contributed by atoms with van der Waals surface area (Å²) in [5.74, 6) is 2.11. The molecule has 24 heavy (non-hydrogen) atoms. The smallest absolute Gasteiger partial charge is 0.135 e. The van der Waals surface area contributed by atoms with E-state index < -0.39 is 0 Å². The molecule has 0 saturated heterocycles. The predicted molar refractivity (Wildman–Crippen MR) is 93.2 cm³/mol. The van der Waals surface area contributed by atoms with E-state index in [1.807, 2.05) is 36.4 Å². The number of fused-ring (bicyclic) bond motifs is 1. The van der Waals surface area contributed by atoms with Crippen molar-refractivity contribution >= 4 is 17.2 Å². The summed E-state index contributed by atoms with van der Waals surface area (Å²) in [4.78, 5) is 14.3. The van der Waals surface area contributed by atoms with E-state index in [0.717, 1.165) is 39.8 Å². The number of aromatic amines is 1. The van der Waals surface area contributed by atoms with Gasteiger partial charge in [-0.3, -0.25) is 0 Å². The second-order valence-corrected chi connectivity index (χ2v) is 5.34. The van der Waals surface area contributed by atoms with Crippen LogP contribution in [0.2, 0.25) is 0 Å². The highest BCUT2D eigenvalue weighted by Gasteiger charge is 2.18. The van der Waals surface area contributed by atoms with Crippen LogP contribution < -0.4 is 14.2 Å². The number of hydrogen-bond acceptors (Lipinski definition) is 4. The summed E-state index contributed by atoms with van der Waals surface area (Å²) in [6.45, 7) is 0. The highest BCUT2D eigenvalue weighted by molar-refractivity contribution is 5.90. The first-order chi connectivity index (χ1) is 11.7. The first-order valence-corrected chi connectivity index (χ1v) is 7.56. The molecule has 0 aliphatic carbocycles. The van der Waals surface area contributed by atoms with Crippen LogP contribution in [0.5, 0.6) is 17.2 Å². The fourth-order valence-electron chi connectivity index (χ4n) is 2.89. The molecule has 3 rings (SSSR count). The van der Waals surface area contributed by atoms with E-state index >= 15 is 0 Å². The Morgan fingerprint density at radius 2 is 1.83 bits per heavy atom. The highest BCUT2D eigenvalue weighted by atomic mass is 16.5. The molecule has 0 aliphatic rings. The number of rotatable bonds is 6. The maximum Gasteiger partial charge on any atom is 0.135 e. The molecule has 0 aliphatic heterocycles. The minimum atomic E-state index is 0.286. The van der Waals surface area contributed by atoms with Gasteiger partial charge in [0, 0.05) is 22.9 Å². The summed E-state index contributed by atoms with van der Waals surface area (Å²) in [6, 6.07) is 11.5. The number of carbonyl (C=O) groups is 1. The average molecular weight is 325 g/mol. The van der Waals surface area contributed by atoms with Gasteiger partial charge in [0.05, 0.1) is 32.6 Å². The van der Waals surface area contributed by atoms with Crippen LogP contribution >= 0.6 is 0 Å². The number of aromatic nitrogens is 1. The maximum atomic E-state index is 10.9. The van der Waals surface area contributed by atoms with Crippen molar-refractivity contribution in [2.24, 2.45) is 0 Å². The number of benzene rings is 2. The maximum absolute atomic E-state index is 10.9. The molecular weight excluding hydrogens is 306 g/mol. The van der Waals surface area contributed by atoms with Crippen LogP contribution in [0.3, 0.4) is 0 Å². The van der Waals surface area contributed by atoms with Crippen molar-refractivity contribution in [3.63, 3.8) is 0 Å². The third-order valence-corrected chi connectivity index (χ3v) is 4.03. The van der Waals surface area contributed by atoms with Gasteiger partial charge in [-0.05, 0) is 30.3 Å². The molecule has 1 N–H and O–H groups in total. The lowest BCUT2D eigenvalue weighted by molar-refractivity contribution is -0.107. The molecule has 0 fully saturated rings. The Bertz CT molecular complexity index is 882. The fourth-order valence-corrected chi connectivity index (χ4v) is 2.89. The van der Waals surface area contributed by atoms with E-state index in [2.05, 4.69) is 4.98 Å². The van der Waals surface area contributed by atoms with Gasteiger partial charge in [-0.1, -0.05) is 6.07 Å². The highest BCUT2D eigenvalue weighted by Crippen LogP contribution is 2.41. The van der Waals surface area contributed by atoms with Gasteiger partial charge in [0.15, 0.2) is 0 Å². The van der Waals surface area contributed by atoms with Crippen molar-refractivity contribution in [1.29, 1.82) is 0 Å². The van der Waals surface area contributed by atoms with Crippen molar-refractivity contribution < 1.29 is 19.0 Å². The van der Waals surface area contributed by atoms with Gasteiger partial charge in [-0.25, -0.2) is 0 Å². The fraction of sp³-hybridized carbons (Fsp3) is 0.211. The van der Waals surface area contributed by atoms with Crippen molar-refractivity contribution in [3.05, 3.63) is 42.0 Å². The molecule has 3 aromatic rings. The normalized spacial score (nSPS) is 10.6. The third kappa shape index (κ3) is 2.69. The summed E-state index contributed by atoms with van der Waals surface area (Å²) in [5, 5.41) is 1.02. The largest absolute Gasteiger partial charge is 0.497 e. The van der Waals surface area contributed by atoms with E-state index in [-0.39, 0.29) is 6.42 Å². The van der Waals surface area contributed by atoms with Crippen LogP contribution in [-0.4, -0.2) is 32.6 Å². The summed E-state index contributed by atoms with van der Waals surface area (Å²) in [6.07, 6.45) is 1.15. The molecule has 0 saturated carbocycles. The summed E-state index contributed by atoms with van der Waals surface area (Å²) in [5.41, 5.74) is 3.46. The van der Waals surface area contributed by atoms with Crippen molar-refractivity contribution in [2.75, 3.05) is 21.3 Å². The summed E-state index contributed by atoms with van der Waals surface area (Å²) in [7, 11) is 4.85. The van der Waals surface area contributed by atoms with Gasteiger partial charge in [0.2, 0.25) is 0 Å². The van der Waals surface area contributed by atoms with Crippen molar-refractivity contribution in [1.82, 2.24) is 4.98 Å². The van der Waals surface area contributed by atoms with Crippen LogP contribution in [0, 0.1) is 0 Å². The molecule has 0 bridgehead atoms. The summed E-state index contributed by atoms with van der Waals surface area (Å²) >= 11 is 0. The van der Waals surface area contributed by atoms with Gasteiger partial charge in [-0.2, -0.15) is 0 Å². The Balaban J connectivity index is 2.23. The van der Waals surface area contributed by atoms with Crippen LogP contribution in [0.15, 0.2) is 36.4 Å². The minimum Gasteiger partial charge on any atom is -0.497 e. The molecular formula is C19H19NO4. The summed E-state index contributed by atoms with van der Waals surface area (Å²) < 4.78 is 16.4. The molecule has 1 aromatic heterocycles. The average Bonchev–Trinajstić information content (AvgIpc) is 3.04. The van der Waals surface area contributed by atoms with E-state index in [9.17, 15) is 4.79 Å². The molecule has 1 heterocycles. The van der Waals surface area contributed by atoms with Gasteiger partial charge in [-0.15, -0.1) is 0 Å². The van der Waals surface area contributed by atoms with Crippen LogP contribution in [0.25, 0.3) is 22.2 Å². The molecule has 5 nitrogen and oxygen atoms in total. The van der Waals surface area contributed by atoms with Crippen molar-refractivity contribution in [3.8, 4) is 28.5 Å². The van der Waals surface area contributed by atoms with Crippen LogP contribution in [-0.2, 0) is 11.2 Å². The quantitative estimate of drug-likeness (QED) is 0.704. The number of methoxy groups -OCH3 is 3. The minimum absolute atomic E-state index is 0.286. The van der Waals surface area contributed by atoms with Gasteiger partial charge in [0.1, 0.15) is 23.5 Å². The van der Waals surface area contributed by atoms with E-state index in [0.29, 0.717) is 11.5 Å². The predicted octanol–water partition coefficient (Wildman–Crippen LogP) is 3.60. The molecule has 0 radical (unpaired) electrons. The monoisotopic (exact) mass is 325 g/mol. The molecule has 124 valence electrons. The lowest BCUT2D eigenvalue weighted by atomic mass is 10.0. The lowest BCUT2D eigenvalue weighted by Crippen LogP contribution is -1.99. The second kappa shape index (κ2) is 6.66. The number of carbonyl (C=O) groups excluding carboxylic acids is 1. The number of hydrogen-bond donors (Lipinski definition) is 1. The zero-order chi connectivity index (χ0) is 17.1. The van der Waals surface area contributed by atoms with Gasteiger partial charge in [0.25, 0.3) is 0 Å². The molecule has 2 aromatic carbocycles. The Labute approximate surface area is 140 Å². The Morgan fingerprint density at radius 3 is 2.50 bits per heavy atom. The van der Waals surface area contributed by atoms with Crippen molar-refractivity contribution in [2.45, 2.75) is 6.42 Å². The van der Waals surface area contributed by atoms with Crippen LogP contribution in [0.1, 0.15) is 5.56 Å². The number of aldehydes is 1. The first kappa shape index (κ1) is 15.9. The number of ether oxygens (including phenoxy) is 3. The Kier molecular flexibility index (Phi) is 4.42. The molecule has 0 unspecified atom stereocenters. The van der Waals surface area contributed by atoms with E-state index in [1.165, 1.54) is 0 Å². The number of nitrogens with one attached hydrogen (secondary N) is 1. The Morgan fingerprint density at radius 1 is 1.00 bits per heavy atom. The standard InChI is InChI=1S/C19H19NO4/c1-22-14-5-6-15-13(10-14)11-16(20-15)18-17(23-2)7-4-12(8-9-21)19(18)24-3/h4-7,9-11,20H,8H2,1-3H3. The SMILES string of the molecule is COc1ccc2[nH]c(-c3c(OC)ccc(CC=O)c3OC)cc2c1. The van der Waals surface area contributed by atoms with E-state index in [4.69, 9.17) is 14.2 Å². The topological polar surface area (TPSA) is 60.5 Å². The molecule has 0 atom stereocenters. The van der Waals surface area contributed by atoms with Gasteiger partial charge < -0.3 is 24.0 Å². The Hall–Kier alpha value is -2.95. The van der Waals surface area contributed by atoms with Crippen LogP contribution in [0.4, 0.5) is 0 Å². The zero-order valence-corrected chi connectivity index (χ0v) is 13.9. The zero-order valence-electron chi connectivity index (χ0n) is 13.9. The van der Waals surface area contributed by atoms with E-state index in [1.54, 1.807) is 21.3 Å².